The number of rotatable bonds is 3. The first-order chi connectivity index (χ1) is 7.24. The lowest BCUT2D eigenvalue weighted by Crippen LogP contribution is -2.23. The van der Waals surface area contributed by atoms with Crippen molar-refractivity contribution in [1.29, 1.82) is 0 Å². The van der Waals surface area contributed by atoms with Gasteiger partial charge in [-0.1, -0.05) is 11.8 Å². The molecule has 0 aliphatic carbocycles. The molecule has 0 bridgehead atoms. The molecule has 1 fully saturated rings. The molecule has 0 radical (unpaired) electrons. The summed E-state index contributed by atoms with van der Waals surface area (Å²) in [5.74, 6) is 1.84. The smallest absolute Gasteiger partial charge is 0.191 e. The van der Waals surface area contributed by atoms with Gasteiger partial charge in [0.15, 0.2) is 5.16 Å². The number of hydrogen-bond acceptors (Lipinski definition) is 6. The van der Waals surface area contributed by atoms with Gasteiger partial charge < -0.3 is 16.8 Å². The van der Waals surface area contributed by atoms with Gasteiger partial charge in [0.25, 0.3) is 0 Å². The van der Waals surface area contributed by atoms with Crippen LogP contribution in [0, 0.1) is 0 Å². The number of hydrogen-bond donors (Lipinski definition) is 3. The van der Waals surface area contributed by atoms with E-state index < -0.39 is 0 Å². The van der Waals surface area contributed by atoms with Gasteiger partial charge in [-0.15, -0.1) is 0 Å². The Morgan fingerprint density at radius 1 is 1.40 bits per heavy atom. The predicted molar refractivity (Wildman–Crippen MR) is 62.6 cm³/mol. The molecular formula is C9H15N5S. The second-order valence-electron chi connectivity index (χ2n) is 3.60. The molecular weight excluding hydrogens is 210 g/mol. The van der Waals surface area contributed by atoms with Gasteiger partial charge in [-0.2, -0.15) is 0 Å². The highest BCUT2D eigenvalue weighted by Gasteiger charge is 2.14. The third-order valence-electron chi connectivity index (χ3n) is 2.32. The molecule has 0 aromatic carbocycles. The van der Waals surface area contributed by atoms with Crippen LogP contribution >= 0.6 is 11.8 Å². The Morgan fingerprint density at radius 2 is 2.13 bits per heavy atom. The van der Waals surface area contributed by atoms with Crippen LogP contribution in [0.3, 0.4) is 0 Å². The van der Waals surface area contributed by atoms with E-state index >= 15 is 0 Å². The highest BCUT2D eigenvalue weighted by molar-refractivity contribution is 7.99. The summed E-state index contributed by atoms with van der Waals surface area (Å²) in [6.07, 6.45) is 2.48. The summed E-state index contributed by atoms with van der Waals surface area (Å²) in [7, 11) is 0. The van der Waals surface area contributed by atoms with E-state index in [1.54, 1.807) is 17.8 Å². The van der Waals surface area contributed by atoms with Crippen molar-refractivity contribution >= 4 is 23.4 Å². The van der Waals surface area contributed by atoms with Crippen LogP contribution in [-0.4, -0.2) is 28.3 Å². The molecule has 0 amide bonds. The fourth-order valence-corrected chi connectivity index (χ4v) is 2.58. The molecule has 1 saturated heterocycles. The maximum atomic E-state index is 5.58. The van der Waals surface area contributed by atoms with E-state index in [1.165, 1.54) is 12.8 Å². The Morgan fingerprint density at radius 3 is 2.73 bits per heavy atom. The topological polar surface area (TPSA) is 89.9 Å². The van der Waals surface area contributed by atoms with Crippen LogP contribution < -0.4 is 16.8 Å². The van der Waals surface area contributed by atoms with Crippen molar-refractivity contribution in [2.45, 2.75) is 24.0 Å². The van der Waals surface area contributed by atoms with Gasteiger partial charge in [0.05, 0.1) is 0 Å². The lowest BCUT2D eigenvalue weighted by atomic mass is 10.3. The van der Waals surface area contributed by atoms with Crippen LogP contribution in [0.1, 0.15) is 12.8 Å². The molecule has 1 unspecified atom stereocenters. The molecule has 1 aliphatic heterocycles. The van der Waals surface area contributed by atoms with Crippen LogP contribution in [-0.2, 0) is 0 Å². The maximum Gasteiger partial charge on any atom is 0.191 e. The first-order valence-corrected chi connectivity index (χ1v) is 5.99. The molecule has 82 valence electrons. The summed E-state index contributed by atoms with van der Waals surface area (Å²) >= 11 is 1.60. The molecule has 1 aromatic heterocycles. The zero-order chi connectivity index (χ0) is 10.7. The molecule has 2 rings (SSSR count). The van der Waals surface area contributed by atoms with Gasteiger partial charge in [-0.3, -0.25) is 0 Å². The molecule has 1 atom stereocenters. The minimum atomic E-state index is 0.435. The van der Waals surface area contributed by atoms with Crippen LogP contribution in [0.2, 0.25) is 0 Å². The number of aromatic nitrogens is 2. The first kappa shape index (κ1) is 10.5. The normalized spacial score (nSPS) is 20.7. The van der Waals surface area contributed by atoms with Crippen LogP contribution in [0.15, 0.2) is 11.2 Å². The third kappa shape index (κ3) is 2.97. The zero-order valence-corrected chi connectivity index (χ0v) is 9.26. The first-order valence-electron chi connectivity index (χ1n) is 5.00. The summed E-state index contributed by atoms with van der Waals surface area (Å²) in [5, 5.41) is 4.08. The summed E-state index contributed by atoms with van der Waals surface area (Å²) in [4.78, 5) is 8.23. The van der Waals surface area contributed by atoms with E-state index in [0.29, 0.717) is 22.8 Å². The van der Waals surface area contributed by atoms with Gasteiger partial charge in [-0.25, -0.2) is 9.97 Å². The van der Waals surface area contributed by atoms with Crippen molar-refractivity contribution in [3.05, 3.63) is 6.07 Å². The van der Waals surface area contributed by atoms with E-state index in [4.69, 9.17) is 11.5 Å². The van der Waals surface area contributed by atoms with Crippen molar-refractivity contribution in [2.75, 3.05) is 23.8 Å². The van der Waals surface area contributed by atoms with Crippen LogP contribution in [0.25, 0.3) is 0 Å². The van der Waals surface area contributed by atoms with Crippen molar-refractivity contribution in [1.82, 2.24) is 15.3 Å². The monoisotopic (exact) mass is 225 g/mol. The molecule has 1 aliphatic rings. The number of nitrogens with one attached hydrogen (secondary N) is 1. The minimum absolute atomic E-state index is 0.435. The number of nitrogen functional groups attached to an aromatic ring is 2. The maximum absolute atomic E-state index is 5.58. The van der Waals surface area contributed by atoms with E-state index in [1.807, 2.05) is 0 Å². The van der Waals surface area contributed by atoms with Crippen molar-refractivity contribution in [3.63, 3.8) is 0 Å². The summed E-state index contributed by atoms with van der Waals surface area (Å²) in [5.41, 5.74) is 11.2. The fourth-order valence-electron chi connectivity index (χ4n) is 1.60. The third-order valence-corrected chi connectivity index (χ3v) is 3.33. The minimum Gasteiger partial charge on any atom is -0.383 e. The summed E-state index contributed by atoms with van der Waals surface area (Å²) < 4.78 is 0. The molecule has 15 heavy (non-hydrogen) atoms. The zero-order valence-electron chi connectivity index (χ0n) is 8.44. The average molecular weight is 225 g/mol. The van der Waals surface area contributed by atoms with Crippen LogP contribution in [0.4, 0.5) is 11.6 Å². The number of anilines is 2. The van der Waals surface area contributed by atoms with Gasteiger partial charge in [0, 0.05) is 17.9 Å². The molecule has 6 heteroatoms. The van der Waals surface area contributed by atoms with Crippen molar-refractivity contribution in [2.24, 2.45) is 0 Å². The summed E-state index contributed by atoms with van der Waals surface area (Å²) in [6.45, 7) is 1.12. The van der Waals surface area contributed by atoms with E-state index in [9.17, 15) is 0 Å². The lowest BCUT2D eigenvalue weighted by molar-refractivity contribution is 0.673. The Hall–Kier alpha value is -1.01. The van der Waals surface area contributed by atoms with E-state index in [-0.39, 0.29) is 0 Å². The molecule has 0 saturated carbocycles. The van der Waals surface area contributed by atoms with Gasteiger partial charge in [0.1, 0.15) is 11.6 Å². The molecule has 0 spiro atoms. The Bertz CT molecular complexity index is 317. The molecule has 2 heterocycles. The van der Waals surface area contributed by atoms with Gasteiger partial charge in [0.2, 0.25) is 0 Å². The van der Waals surface area contributed by atoms with E-state index in [0.717, 1.165) is 12.3 Å². The molecule has 5 nitrogen and oxygen atoms in total. The van der Waals surface area contributed by atoms with Gasteiger partial charge in [-0.05, 0) is 19.4 Å². The number of thioether (sulfide) groups is 1. The second kappa shape index (κ2) is 4.67. The van der Waals surface area contributed by atoms with Gasteiger partial charge >= 0.3 is 0 Å². The Labute approximate surface area is 93.0 Å². The Balaban J connectivity index is 1.92. The fraction of sp³-hybridized carbons (Fsp3) is 0.556. The van der Waals surface area contributed by atoms with E-state index in [2.05, 4.69) is 15.3 Å². The predicted octanol–water partition coefficient (Wildman–Crippen LogP) is 0.485. The van der Waals surface area contributed by atoms with Crippen molar-refractivity contribution < 1.29 is 0 Å². The highest BCUT2D eigenvalue weighted by Crippen LogP contribution is 2.19. The van der Waals surface area contributed by atoms with Crippen molar-refractivity contribution in [3.8, 4) is 0 Å². The SMILES string of the molecule is Nc1cc(N)nc(SCC2CCCN2)n1. The average Bonchev–Trinajstić information content (AvgIpc) is 2.65. The number of nitrogens with zero attached hydrogens (tertiary/aromatic N) is 2. The van der Waals surface area contributed by atoms with Crippen LogP contribution in [0.5, 0.6) is 0 Å². The number of nitrogens with two attached hydrogens (primary N) is 2. The lowest BCUT2D eigenvalue weighted by Gasteiger charge is -2.08. The molecule has 5 N–H and O–H groups in total. The quantitative estimate of drug-likeness (QED) is 0.512. The largest absolute Gasteiger partial charge is 0.383 e. The summed E-state index contributed by atoms with van der Waals surface area (Å²) in [6, 6.07) is 2.14. The second-order valence-corrected chi connectivity index (χ2v) is 4.59. The highest BCUT2D eigenvalue weighted by atomic mass is 32.2. The Kier molecular flexibility index (Phi) is 3.27. The molecule has 1 aromatic rings. The standard InChI is InChI=1S/C9H15N5S/c10-7-4-8(11)14-9(13-7)15-5-6-2-1-3-12-6/h4,6,12H,1-3,5H2,(H4,10,11,13,14).